The summed E-state index contributed by atoms with van der Waals surface area (Å²) >= 11 is 1.64. The van der Waals surface area contributed by atoms with Crippen LogP contribution < -0.4 is 5.32 Å². The van der Waals surface area contributed by atoms with Gasteiger partial charge in [-0.05, 0) is 96.8 Å². The van der Waals surface area contributed by atoms with Gasteiger partial charge in [0.1, 0.15) is 17.9 Å². The van der Waals surface area contributed by atoms with E-state index in [0.29, 0.717) is 37.1 Å². The first kappa shape index (κ1) is 30.5. The van der Waals surface area contributed by atoms with Crippen LogP contribution in [0.2, 0.25) is 0 Å². The van der Waals surface area contributed by atoms with Crippen LogP contribution in [0.5, 0.6) is 0 Å². The summed E-state index contributed by atoms with van der Waals surface area (Å²) < 4.78 is 27.4. The lowest BCUT2D eigenvalue weighted by atomic mass is 9.93. The van der Waals surface area contributed by atoms with Crippen LogP contribution in [0, 0.1) is 18.6 Å². The van der Waals surface area contributed by atoms with Gasteiger partial charge in [0.25, 0.3) is 5.91 Å². The van der Waals surface area contributed by atoms with Crippen LogP contribution in [0.25, 0.3) is 11.1 Å². The molecule has 3 rings (SSSR count). The molecule has 0 saturated carbocycles. The summed E-state index contributed by atoms with van der Waals surface area (Å²) in [4.78, 5) is 27.2. The lowest BCUT2D eigenvalue weighted by Gasteiger charge is -2.23. The Morgan fingerprint density at radius 3 is 2.41 bits per heavy atom. The summed E-state index contributed by atoms with van der Waals surface area (Å²) in [6.07, 6.45) is 5.92. The summed E-state index contributed by atoms with van der Waals surface area (Å²) in [7, 11) is 0. The Labute approximate surface area is 235 Å². The number of aryl methyl sites for hydroxylation is 1. The van der Waals surface area contributed by atoms with E-state index in [-0.39, 0.29) is 5.91 Å². The van der Waals surface area contributed by atoms with Gasteiger partial charge in [0, 0.05) is 24.7 Å². The van der Waals surface area contributed by atoms with E-state index in [1.165, 1.54) is 12.1 Å². The number of hydrogen-bond donors (Lipinski definition) is 1. The van der Waals surface area contributed by atoms with Crippen LogP contribution in [0.15, 0.2) is 60.7 Å². The molecule has 0 aliphatic rings. The van der Waals surface area contributed by atoms with E-state index in [9.17, 15) is 18.4 Å². The SMILES string of the molecule is CCCCN(CCc1cc(F)cc(F)c1)Cc1ccc(C(=O)N[C@H](C=O)CCSC)c(-c2ccccc2C)c1. The zero-order valence-electron chi connectivity index (χ0n) is 23.0. The number of carbonyl (C=O) groups is 2. The smallest absolute Gasteiger partial charge is 0.252 e. The van der Waals surface area contributed by atoms with Gasteiger partial charge in [-0.15, -0.1) is 0 Å². The van der Waals surface area contributed by atoms with Gasteiger partial charge in [-0.25, -0.2) is 8.78 Å². The van der Waals surface area contributed by atoms with Crippen molar-refractivity contribution in [2.45, 2.75) is 52.1 Å². The second-order valence-corrected chi connectivity index (χ2v) is 10.8. The quantitative estimate of drug-likeness (QED) is 0.210. The molecule has 0 radical (unpaired) electrons. The molecule has 0 aromatic heterocycles. The second kappa shape index (κ2) is 15.5. The predicted octanol–water partition coefficient (Wildman–Crippen LogP) is 6.84. The third kappa shape index (κ3) is 9.29. The lowest BCUT2D eigenvalue weighted by Crippen LogP contribution is -2.36. The minimum Gasteiger partial charge on any atom is -0.342 e. The van der Waals surface area contributed by atoms with E-state index in [4.69, 9.17) is 0 Å². The fourth-order valence-corrected chi connectivity index (χ4v) is 5.09. The number of unbranched alkanes of at least 4 members (excludes halogenated alkanes) is 1. The Kier molecular flexibility index (Phi) is 12.2. The molecule has 39 heavy (non-hydrogen) atoms. The Hall–Kier alpha value is -3.03. The Bertz CT molecular complexity index is 1230. The molecule has 1 N–H and O–H groups in total. The average molecular weight is 553 g/mol. The number of nitrogens with zero attached hydrogens (tertiary/aromatic N) is 1. The van der Waals surface area contributed by atoms with Gasteiger partial charge in [0.05, 0.1) is 6.04 Å². The van der Waals surface area contributed by atoms with Crippen LogP contribution in [0.4, 0.5) is 8.78 Å². The monoisotopic (exact) mass is 552 g/mol. The highest BCUT2D eigenvalue weighted by Crippen LogP contribution is 2.29. The van der Waals surface area contributed by atoms with Crippen molar-refractivity contribution < 1.29 is 18.4 Å². The number of hydrogen-bond acceptors (Lipinski definition) is 4. The van der Waals surface area contributed by atoms with Crippen LogP contribution in [0.1, 0.15) is 53.2 Å². The van der Waals surface area contributed by atoms with Crippen LogP contribution >= 0.6 is 11.8 Å². The first-order valence-electron chi connectivity index (χ1n) is 13.5. The van der Waals surface area contributed by atoms with E-state index < -0.39 is 17.7 Å². The number of nitrogens with one attached hydrogen (secondary N) is 1. The molecule has 4 nitrogen and oxygen atoms in total. The summed E-state index contributed by atoms with van der Waals surface area (Å²) in [5, 5.41) is 2.89. The first-order chi connectivity index (χ1) is 18.8. The summed E-state index contributed by atoms with van der Waals surface area (Å²) in [5.41, 5.74) is 5.04. The zero-order chi connectivity index (χ0) is 28.2. The molecule has 3 aromatic rings. The molecule has 0 spiro atoms. The average Bonchev–Trinajstić information content (AvgIpc) is 2.92. The Morgan fingerprint density at radius 1 is 1.00 bits per heavy atom. The highest BCUT2D eigenvalue weighted by atomic mass is 32.2. The van der Waals surface area contributed by atoms with Crippen molar-refractivity contribution in [3.05, 3.63) is 94.6 Å². The van der Waals surface area contributed by atoms with Crippen LogP contribution in [0.3, 0.4) is 0 Å². The fraction of sp³-hybridized carbons (Fsp3) is 0.375. The third-order valence-electron chi connectivity index (χ3n) is 6.75. The lowest BCUT2D eigenvalue weighted by molar-refractivity contribution is -0.109. The number of halogens is 2. The van der Waals surface area contributed by atoms with Crippen molar-refractivity contribution in [1.29, 1.82) is 0 Å². The van der Waals surface area contributed by atoms with E-state index in [0.717, 1.165) is 59.7 Å². The largest absolute Gasteiger partial charge is 0.342 e. The van der Waals surface area contributed by atoms with Crippen LogP contribution in [-0.2, 0) is 17.8 Å². The normalized spacial score (nSPS) is 11.9. The Balaban J connectivity index is 1.88. The topological polar surface area (TPSA) is 49.4 Å². The van der Waals surface area contributed by atoms with Gasteiger partial charge >= 0.3 is 0 Å². The molecule has 1 amide bonds. The zero-order valence-corrected chi connectivity index (χ0v) is 23.8. The van der Waals surface area contributed by atoms with Gasteiger partial charge in [-0.2, -0.15) is 11.8 Å². The second-order valence-electron chi connectivity index (χ2n) is 9.85. The maximum Gasteiger partial charge on any atom is 0.252 e. The molecular weight excluding hydrogens is 514 g/mol. The summed E-state index contributed by atoms with van der Waals surface area (Å²) in [6.45, 7) is 6.30. The molecule has 0 fully saturated rings. The number of carbonyl (C=O) groups excluding carboxylic acids is 2. The van der Waals surface area contributed by atoms with Crippen molar-refractivity contribution in [3.63, 3.8) is 0 Å². The number of aldehydes is 1. The minimum absolute atomic E-state index is 0.269. The van der Waals surface area contributed by atoms with E-state index >= 15 is 0 Å². The summed E-state index contributed by atoms with van der Waals surface area (Å²) in [5.74, 6) is -0.614. The van der Waals surface area contributed by atoms with E-state index in [2.05, 4.69) is 23.2 Å². The molecule has 1 atom stereocenters. The van der Waals surface area contributed by atoms with Gasteiger partial charge < -0.3 is 10.1 Å². The van der Waals surface area contributed by atoms with E-state index in [1.54, 1.807) is 11.8 Å². The van der Waals surface area contributed by atoms with Crippen LogP contribution in [-0.4, -0.2) is 48.2 Å². The first-order valence-corrected chi connectivity index (χ1v) is 14.8. The number of rotatable bonds is 15. The molecule has 7 heteroatoms. The molecule has 0 bridgehead atoms. The molecule has 0 aliphatic heterocycles. The van der Waals surface area contributed by atoms with Gasteiger partial charge in [-0.1, -0.05) is 43.7 Å². The van der Waals surface area contributed by atoms with E-state index in [1.807, 2.05) is 49.6 Å². The van der Waals surface area contributed by atoms with Gasteiger partial charge in [0.15, 0.2) is 0 Å². The maximum atomic E-state index is 13.7. The van der Waals surface area contributed by atoms with Gasteiger partial charge in [0.2, 0.25) is 0 Å². The molecule has 0 saturated heterocycles. The molecule has 3 aromatic carbocycles. The third-order valence-corrected chi connectivity index (χ3v) is 7.39. The predicted molar refractivity (Wildman–Crippen MR) is 157 cm³/mol. The number of benzene rings is 3. The van der Waals surface area contributed by atoms with Gasteiger partial charge in [-0.3, -0.25) is 9.69 Å². The summed E-state index contributed by atoms with van der Waals surface area (Å²) in [6, 6.07) is 16.9. The highest BCUT2D eigenvalue weighted by molar-refractivity contribution is 7.98. The van der Waals surface area contributed by atoms with Crippen molar-refractivity contribution in [1.82, 2.24) is 10.2 Å². The fourth-order valence-electron chi connectivity index (χ4n) is 4.60. The van der Waals surface area contributed by atoms with Crippen molar-refractivity contribution in [2.24, 2.45) is 0 Å². The maximum absolute atomic E-state index is 13.7. The standard InChI is InChI=1S/C32H38F2N2O2S/c1-4-5-14-36(15-12-24-17-26(33)20-27(34)18-24)21-25-10-11-30(32(38)35-28(22-37)13-16-39-3)31(19-25)29-9-7-6-8-23(29)2/h6-11,17-20,22,28H,4-5,12-16,21H2,1-3H3,(H,35,38)/t28-/m0/s1. The molecule has 0 aliphatic carbocycles. The van der Waals surface area contributed by atoms with Crippen molar-refractivity contribution in [2.75, 3.05) is 25.1 Å². The minimum atomic E-state index is -0.563. The molecule has 0 unspecified atom stereocenters. The molecule has 0 heterocycles. The number of thioether (sulfide) groups is 1. The van der Waals surface area contributed by atoms with Crippen molar-refractivity contribution in [3.8, 4) is 11.1 Å². The number of amides is 1. The highest BCUT2D eigenvalue weighted by Gasteiger charge is 2.19. The Morgan fingerprint density at radius 2 is 1.74 bits per heavy atom. The van der Waals surface area contributed by atoms with Crippen molar-refractivity contribution >= 4 is 24.0 Å². The molecular formula is C32H38F2N2O2S. The molecule has 208 valence electrons.